The molecular formula is C4H6N4O4. The average molecular weight is 174 g/mol. The fraction of sp³-hybridized carbons (Fsp3) is 0.250. The molecule has 0 fully saturated rings. The summed E-state index contributed by atoms with van der Waals surface area (Å²) >= 11 is 0. The second kappa shape index (κ2) is 3.05. The molecule has 8 heteroatoms. The van der Waals surface area contributed by atoms with E-state index in [0.717, 1.165) is 11.2 Å². The fourth-order valence-electron chi connectivity index (χ4n) is 0.667. The molecule has 0 radical (unpaired) electrons. The fourth-order valence-corrected chi connectivity index (χ4v) is 0.667. The summed E-state index contributed by atoms with van der Waals surface area (Å²) in [5, 5.41) is 19.3. The highest BCUT2D eigenvalue weighted by Gasteiger charge is 2.20. The third-order valence-electron chi connectivity index (χ3n) is 1.10. The molecule has 1 aliphatic rings. The van der Waals surface area contributed by atoms with Crippen LogP contribution in [0.4, 0.5) is 0 Å². The molecule has 0 aliphatic carbocycles. The van der Waals surface area contributed by atoms with Gasteiger partial charge in [0.1, 0.15) is 12.7 Å². The largest absolute Gasteiger partial charge is 0.480 e. The molecule has 0 saturated carbocycles. The molecule has 0 unspecified atom stereocenters. The van der Waals surface area contributed by atoms with Crippen LogP contribution in [0.3, 0.4) is 0 Å². The number of hydrogen-bond donors (Lipinski definition) is 2. The molecule has 0 spiro atoms. The van der Waals surface area contributed by atoms with E-state index in [9.17, 15) is 14.9 Å². The number of carboxylic acid groups (broad SMARTS) is 1. The molecule has 0 bridgehead atoms. The molecule has 1 rings (SSSR count). The third kappa shape index (κ3) is 1.83. The predicted octanol–water partition coefficient (Wildman–Crippen LogP) is -1.23. The van der Waals surface area contributed by atoms with E-state index in [0.29, 0.717) is 5.12 Å². The van der Waals surface area contributed by atoms with Crippen LogP contribution in [0.2, 0.25) is 0 Å². The quantitative estimate of drug-likeness (QED) is 0.408. The van der Waals surface area contributed by atoms with Crippen molar-refractivity contribution in [3.63, 3.8) is 0 Å². The summed E-state index contributed by atoms with van der Waals surface area (Å²) in [5.41, 5.74) is 2.20. The normalized spacial score (nSPS) is 15.3. The highest BCUT2D eigenvalue weighted by molar-refractivity contribution is 5.69. The molecule has 0 aromatic rings. The Hall–Kier alpha value is -1.83. The first kappa shape index (κ1) is 8.27. The molecule has 12 heavy (non-hydrogen) atoms. The molecule has 0 aromatic carbocycles. The Morgan fingerprint density at radius 3 is 2.75 bits per heavy atom. The summed E-state index contributed by atoms with van der Waals surface area (Å²) < 4.78 is 0. The van der Waals surface area contributed by atoms with Crippen LogP contribution in [-0.4, -0.2) is 32.8 Å². The molecule has 1 heterocycles. The van der Waals surface area contributed by atoms with Crippen LogP contribution in [0.15, 0.2) is 12.4 Å². The molecule has 0 amide bonds. The van der Waals surface area contributed by atoms with E-state index in [-0.39, 0.29) is 6.54 Å². The van der Waals surface area contributed by atoms with Crippen LogP contribution in [0.5, 0.6) is 0 Å². The summed E-state index contributed by atoms with van der Waals surface area (Å²) in [6, 6.07) is 0. The minimum Gasteiger partial charge on any atom is -0.480 e. The van der Waals surface area contributed by atoms with Gasteiger partial charge in [0.15, 0.2) is 5.03 Å². The molecule has 1 aliphatic heterocycles. The number of hydrogen-bond acceptors (Lipinski definition) is 5. The number of nitrogens with zero attached hydrogens (tertiary/aromatic N) is 3. The molecule has 2 N–H and O–H groups in total. The van der Waals surface area contributed by atoms with Gasteiger partial charge in [-0.05, 0) is 5.12 Å². The van der Waals surface area contributed by atoms with Crippen molar-refractivity contribution in [3.05, 3.63) is 22.5 Å². The van der Waals surface area contributed by atoms with Gasteiger partial charge in [-0.25, -0.2) is 10.1 Å². The van der Waals surface area contributed by atoms with Gasteiger partial charge in [-0.15, -0.1) is 0 Å². The summed E-state index contributed by atoms with van der Waals surface area (Å²) in [7, 11) is 0. The number of carbonyl (C=O) groups is 1. The Kier molecular flexibility index (Phi) is 2.10. The van der Waals surface area contributed by atoms with Gasteiger partial charge >= 0.3 is 5.97 Å². The highest BCUT2D eigenvalue weighted by atomic mass is 16.7. The summed E-state index contributed by atoms with van der Waals surface area (Å²) in [6.45, 7) is -0.332. The standard InChI is InChI=1S/C4H6N4O4/c9-4(10)3-6-1-2-7(5-6)8(11)12/h1-2,5H,3H2,(H,9,10). The monoisotopic (exact) mass is 174 g/mol. The van der Waals surface area contributed by atoms with Gasteiger partial charge in [-0.1, -0.05) is 5.53 Å². The van der Waals surface area contributed by atoms with Crippen molar-refractivity contribution < 1.29 is 14.9 Å². The Morgan fingerprint density at radius 1 is 1.67 bits per heavy atom. The van der Waals surface area contributed by atoms with Crippen LogP contribution in [0.1, 0.15) is 0 Å². The second-order valence-corrected chi connectivity index (χ2v) is 2.00. The zero-order chi connectivity index (χ0) is 9.14. The Bertz CT molecular complexity index is 239. The molecule has 0 aromatic heterocycles. The lowest BCUT2D eigenvalue weighted by Gasteiger charge is -2.13. The van der Waals surface area contributed by atoms with Gasteiger partial charge in [0, 0.05) is 6.20 Å². The Morgan fingerprint density at radius 2 is 2.33 bits per heavy atom. The molecular weight excluding hydrogens is 168 g/mol. The van der Waals surface area contributed by atoms with E-state index >= 15 is 0 Å². The lowest BCUT2D eigenvalue weighted by Crippen LogP contribution is -2.44. The van der Waals surface area contributed by atoms with Gasteiger partial charge in [0.05, 0.1) is 0 Å². The number of rotatable bonds is 3. The minimum absolute atomic E-state index is 0.332. The smallest absolute Gasteiger partial charge is 0.324 e. The summed E-state index contributed by atoms with van der Waals surface area (Å²) in [5.74, 6) is -1.07. The van der Waals surface area contributed by atoms with Gasteiger partial charge in [-0.2, -0.15) is 0 Å². The predicted molar refractivity (Wildman–Crippen MR) is 35.5 cm³/mol. The maximum absolute atomic E-state index is 10.1. The van der Waals surface area contributed by atoms with Crippen LogP contribution in [0.25, 0.3) is 0 Å². The van der Waals surface area contributed by atoms with Crippen molar-refractivity contribution in [2.45, 2.75) is 0 Å². The van der Waals surface area contributed by atoms with Crippen molar-refractivity contribution in [2.24, 2.45) is 0 Å². The molecule has 66 valence electrons. The number of aliphatic carboxylic acids is 1. The number of hydrazine groups is 3. The summed E-state index contributed by atoms with van der Waals surface area (Å²) in [4.78, 5) is 20.2. The summed E-state index contributed by atoms with van der Waals surface area (Å²) in [6.07, 6.45) is 2.37. The zero-order valence-electron chi connectivity index (χ0n) is 5.88. The highest BCUT2D eigenvalue weighted by Crippen LogP contribution is 1.98. The van der Waals surface area contributed by atoms with Crippen molar-refractivity contribution >= 4 is 5.97 Å². The van der Waals surface area contributed by atoms with E-state index in [1.165, 1.54) is 6.20 Å². The third-order valence-corrected chi connectivity index (χ3v) is 1.10. The lowest BCUT2D eigenvalue weighted by atomic mass is 10.6. The van der Waals surface area contributed by atoms with Crippen molar-refractivity contribution in [1.29, 1.82) is 0 Å². The number of nitrogens with one attached hydrogen (secondary N) is 1. The Labute approximate surface area is 66.7 Å². The van der Waals surface area contributed by atoms with Crippen LogP contribution < -0.4 is 5.53 Å². The van der Waals surface area contributed by atoms with Crippen molar-refractivity contribution in [1.82, 2.24) is 15.7 Å². The lowest BCUT2D eigenvalue weighted by molar-refractivity contribution is -0.657. The van der Waals surface area contributed by atoms with Crippen molar-refractivity contribution in [3.8, 4) is 0 Å². The first-order chi connectivity index (χ1) is 5.59. The Balaban J connectivity index is 2.42. The molecule has 8 nitrogen and oxygen atoms in total. The van der Waals surface area contributed by atoms with E-state index < -0.39 is 11.0 Å². The van der Waals surface area contributed by atoms with Gasteiger partial charge < -0.3 is 5.11 Å². The van der Waals surface area contributed by atoms with Crippen molar-refractivity contribution in [2.75, 3.05) is 6.54 Å². The first-order valence-corrected chi connectivity index (χ1v) is 2.96. The maximum Gasteiger partial charge on any atom is 0.324 e. The van der Waals surface area contributed by atoms with E-state index in [1.54, 1.807) is 0 Å². The molecule has 0 atom stereocenters. The van der Waals surface area contributed by atoms with Crippen LogP contribution in [0, 0.1) is 10.1 Å². The zero-order valence-corrected chi connectivity index (χ0v) is 5.88. The van der Waals surface area contributed by atoms with E-state index in [4.69, 9.17) is 5.11 Å². The van der Waals surface area contributed by atoms with Crippen LogP contribution >= 0.6 is 0 Å². The number of carboxylic acids is 1. The van der Waals surface area contributed by atoms with Gasteiger partial charge in [0.2, 0.25) is 0 Å². The average Bonchev–Trinajstić information content (AvgIpc) is 2.34. The maximum atomic E-state index is 10.1. The SMILES string of the molecule is O=C(O)CN1C=CN([N+](=O)[O-])N1. The van der Waals surface area contributed by atoms with Gasteiger partial charge in [-0.3, -0.25) is 9.80 Å². The molecule has 0 saturated heterocycles. The minimum atomic E-state index is -1.07. The number of nitro groups is 1. The van der Waals surface area contributed by atoms with Gasteiger partial charge in [0.25, 0.3) is 0 Å². The van der Waals surface area contributed by atoms with E-state index in [1.807, 2.05) is 0 Å². The van der Waals surface area contributed by atoms with Crippen LogP contribution in [-0.2, 0) is 4.79 Å². The second-order valence-electron chi connectivity index (χ2n) is 2.00. The topological polar surface area (TPSA) is 99.0 Å². The van der Waals surface area contributed by atoms with E-state index in [2.05, 4.69) is 5.53 Å². The first-order valence-electron chi connectivity index (χ1n) is 2.96.